The van der Waals surface area contributed by atoms with Crippen molar-refractivity contribution >= 4 is 37.0 Å². The lowest BCUT2D eigenvalue weighted by atomic mass is 10.1. The first-order chi connectivity index (χ1) is 16.6. The second-order valence-electron chi connectivity index (χ2n) is 9.32. The Bertz CT molecular complexity index is 1240. The third kappa shape index (κ3) is 5.31. The van der Waals surface area contributed by atoms with Gasteiger partial charge < -0.3 is 20.1 Å². The maximum absolute atomic E-state index is 14.7. The van der Waals surface area contributed by atoms with E-state index in [-0.39, 0.29) is 28.8 Å². The van der Waals surface area contributed by atoms with Gasteiger partial charge in [0, 0.05) is 20.2 Å². The first kappa shape index (κ1) is 25.1. The lowest BCUT2D eigenvalue weighted by Gasteiger charge is -2.21. The van der Waals surface area contributed by atoms with Gasteiger partial charge in [0.25, 0.3) is 0 Å². The van der Waals surface area contributed by atoms with Gasteiger partial charge in [-0.05, 0) is 24.2 Å². The van der Waals surface area contributed by atoms with Gasteiger partial charge in [-0.3, -0.25) is 0 Å². The van der Waals surface area contributed by atoms with Crippen LogP contribution in [0.2, 0.25) is 30.8 Å². The molecule has 1 unspecified atom stereocenters. The molecule has 0 spiro atoms. The van der Waals surface area contributed by atoms with E-state index in [9.17, 15) is 13.6 Å². The molecule has 0 bridgehead atoms. The third-order valence-corrected chi connectivity index (χ3v) is 7.45. The second-order valence-corrected chi connectivity index (χ2v) is 15.3. The molecule has 0 fully saturated rings. The van der Waals surface area contributed by atoms with E-state index >= 15 is 0 Å². The Balaban J connectivity index is 1.85. The summed E-state index contributed by atoms with van der Waals surface area (Å²) >= 11 is 6.20. The van der Waals surface area contributed by atoms with Crippen molar-refractivity contribution in [2.24, 2.45) is 0 Å². The van der Waals surface area contributed by atoms with Gasteiger partial charge in [0.15, 0.2) is 5.69 Å². The Labute approximate surface area is 207 Å². The molecule has 1 aliphatic rings. The van der Waals surface area contributed by atoms with Gasteiger partial charge in [-0.1, -0.05) is 37.3 Å². The van der Waals surface area contributed by atoms with Gasteiger partial charge >= 0.3 is 5.97 Å². The molecule has 2 N–H and O–H groups in total. The number of pyridine rings is 1. The molecule has 0 aliphatic carbocycles. The summed E-state index contributed by atoms with van der Waals surface area (Å²) in [6.45, 7) is 7.30. The van der Waals surface area contributed by atoms with E-state index in [0.717, 1.165) is 18.2 Å². The van der Waals surface area contributed by atoms with Crippen LogP contribution in [0.3, 0.4) is 0 Å². The molecule has 12 heteroatoms. The zero-order valence-corrected chi connectivity index (χ0v) is 21.5. The number of aromatic nitrogens is 3. The van der Waals surface area contributed by atoms with Crippen molar-refractivity contribution in [2.75, 3.05) is 24.4 Å². The summed E-state index contributed by atoms with van der Waals surface area (Å²) in [5.41, 5.74) is 1.34. The predicted molar refractivity (Wildman–Crippen MR) is 132 cm³/mol. The van der Waals surface area contributed by atoms with Gasteiger partial charge in [0.05, 0.1) is 35.9 Å². The van der Waals surface area contributed by atoms with Crippen molar-refractivity contribution in [3.63, 3.8) is 0 Å². The number of hydrogen-bond acceptors (Lipinski definition) is 7. The summed E-state index contributed by atoms with van der Waals surface area (Å²) in [7, 11) is -0.0888. The number of ether oxygens (including phenoxy) is 2. The Morgan fingerprint density at radius 3 is 2.60 bits per heavy atom. The van der Waals surface area contributed by atoms with Gasteiger partial charge in [0.2, 0.25) is 0 Å². The SMILES string of the molecule is COC(=O)c1nn(COCC[Si](C)(C)C)c2c1NC(c1c(F)cccc1F)Nc1cnc(Cl)cc1-2. The molecular weight excluding hydrogens is 496 g/mol. The molecule has 35 heavy (non-hydrogen) atoms. The molecule has 1 atom stereocenters. The van der Waals surface area contributed by atoms with Crippen LogP contribution in [-0.4, -0.2) is 42.5 Å². The number of carbonyl (C=O) groups excluding carboxylic acids is 1. The smallest absolute Gasteiger partial charge is 0.360 e. The molecular formula is C23H26ClF2N5O3Si. The van der Waals surface area contributed by atoms with E-state index in [1.165, 1.54) is 24.1 Å². The maximum Gasteiger partial charge on any atom is 0.360 e. The molecule has 0 radical (unpaired) electrons. The second kappa shape index (κ2) is 9.92. The van der Waals surface area contributed by atoms with Crippen molar-refractivity contribution in [2.45, 2.75) is 38.6 Å². The van der Waals surface area contributed by atoms with E-state index < -0.39 is 31.8 Å². The van der Waals surface area contributed by atoms with Crippen molar-refractivity contribution in [1.82, 2.24) is 14.8 Å². The monoisotopic (exact) mass is 521 g/mol. The van der Waals surface area contributed by atoms with E-state index in [1.807, 2.05) is 0 Å². The molecule has 3 aromatic rings. The van der Waals surface area contributed by atoms with Crippen molar-refractivity contribution in [3.8, 4) is 11.3 Å². The number of carbonyl (C=O) groups is 1. The van der Waals surface area contributed by atoms with E-state index in [2.05, 4.69) is 40.4 Å². The van der Waals surface area contributed by atoms with Gasteiger partial charge in [-0.25, -0.2) is 23.2 Å². The average Bonchev–Trinajstić information content (AvgIpc) is 3.05. The highest BCUT2D eigenvalue weighted by molar-refractivity contribution is 6.76. The molecule has 8 nitrogen and oxygen atoms in total. The van der Waals surface area contributed by atoms with Gasteiger partial charge in [0.1, 0.15) is 29.7 Å². The number of hydrogen-bond donors (Lipinski definition) is 2. The lowest BCUT2D eigenvalue weighted by Crippen LogP contribution is -2.22. The zero-order valence-electron chi connectivity index (χ0n) is 19.8. The fourth-order valence-electron chi connectivity index (χ4n) is 3.74. The van der Waals surface area contributed by atoms with Crippen LogP contribution in [0.1, 0.15) is 22.2 Å². The number of halogens is 3. The molecule has 4 rings (SSSR count). The average molecular weight is 522 g/mol. The molecule has 3 heterocycles. The summed E-state index contributed by atoms with van der Waals surface area (Å²) in [6, 6.07) is 6.13. The highest BCUT2D eigenvalue weighted by Gasteiger charge is 2.33. The fraction of sp³-hybridized carbons (Fsp3) is 0.348. The first-order valence-corrected chi connectivity index (χ1v) is 15.1. The third-order valence-electron chi connectivity index (χ3n) is 5.54. The van der Waals surface area contributed by atoms with E-state index in [0.29, 0.717) is 23.6 Å². The number of methoxy groups -OCH3 is 1. The molecule has 2 aromatic heterocycles. The summed E-state index contributed by atoms with van der Waals surface area (Å²) in [5.74, 6) is -2.24. The molecule has 0 saturated carbocycles. The van der Waals surface area contributed by atoms with Crippen LogP contribution in [0.4, 0.5) is 20.2 Å². The van der Waals surface area contributed by atoms with Crippen molar-refractivity contribution < 1.29 is 23.0 Å². The minimum atomic E-state index is -1.32. The predicted octanol–water partition coefficient (Wildman–Crippen LogP) is 5.51. The topological polar surface area (TPSA) is 90.3 Å². The zero-order chi connectivity index (χ0) is 25.3. The molecule has 0 saturated heterocycles. The summed E-state index contributed by atoms with van der Waals surface area (Å²) < 4.78 is 41.8. The molecule has 1 aromatic carbocycles. The van der Waals surface area contributed by atoms with E-state index in [1.54, 1.807) is 6.07 Å². The number of benzene rings is 1. The number of esters is 1. The summed E-state index contributed by atoms with van der Waals surface area (Å²) in [5, 5.41) is 10.7. The van der Waals surface area contributed by atoms with Crippen LogP contribution in [0.25, 0.3) is 11.3 Å². The molecule has 0 amide bonds. The van der Waals surface area contributed by atoms with Crippen LogP contribution in [0.5, 0.6) is 0 Å². The number of nitrogens with one attached hydrogen (secondary N) is 2. The highest BCUT2D eigenvalue weighted by Crippen LogP contribution is 2.43. The van der Waals surface area contributed by atoms with Crippen molar-refractivity contribution in [3.05, 3.63) is 58.5 Å². The fourth-order valence-corrected chi connectivity index (χ4v) is 4.66. The van der Waals surface area contributed by atoms with Gasteiger partial charge in [-0.2, -0.15) is 5.10 Å². The first-order valence-electron chi connectivity index (χ1n) is 11.0. The molecule has 1 aliphatic heterocycles. The Morgan fingerprint density at radius 2 is 1.94 bits per heavy atom. The number of anilines is 2. The van der Waals surface area contributed by atoms with Crippen LogP contribution < -0.4 is 10.6 Å². The normalized spacial score (nSPS) is 14.9. The van der Waals surface area contributed by atoms with E-state index in [4.69, 9.17) is 21.1 Å². The lowest BCUT2D eigenvalue weighted by molar-refractivity contribution is 0.0584. The van der Waals surface area contributed by atoms with Gasteiger partial charge in [-0.15, -0.1) is 0 Å². The number of fused-ring (bicyclic) bond motifs is 3. The minimum Gasteiger partial charge on any atom is -0.464 e. The van der Waals surface area contributed by atoms with Crippen molar-refractivity contribution in [1.29, 1.82) is 0 Å². The summed E-state index contributed by atoms with van der Waals surface area (Å²) in [6.07, 6.45) is 0.370. The Kier molecular flexibility index (Phi) is 7.11. The maximum atomic E-state index is 14.7. The Hall–Kier alpha value is -3.02. The minimum absolute atomic E-state index is 0.0452. The largest absolute Gasteiger partial charge is 0.464 e. The molecule has 186 valence electrons. The Morgan fingerprint density at radius 1 is 1.23 bits per heavy atom. The highest BCUT2D eigenvalue weighted by atomic mass is 35.5. The van der Waals surface area contributed by atoms with Crippen LogP contribution in [0, 0.1) is 11.6 Å². The van der Waals surface area contributed by atoms with Crippen LogP contribution in [-0.2, 0) is 16.2 Å². The number of rotatable bonds is 7. The quantitative estimate of drug-likeness (QED) is 0.183. The standard InChI is InChI=1S/C23H26ClF2N5O3Si/c1-33-23(32)20-19-21(31(30-20)12-34-8-9-35(2,3)4)13-10-17(24)27-11-16(13)28-22(29-19)18-14(25)6-5-7-15(18)26/h5-7,10-11,22,28-29H,8-9,12H2,1-4H3. The summed E-state index contributed by atoms with van der Waals surface area (Å²) in [4.78, 5) is 16.8. The number of nitrogens with zero attached hydrogens (tertiary/aromatic N) is 3. The van der Waals surface area contributed by atoms with Crippen LogP contribution >= 0.6 is 11.6 Å². The van der Waals surface area contributed by atoms with Crippen LogP contribution in [0.15, 0.2) is 30.5 Å².